The molecule has 1 atom stereocenters. The lowest BCUT2D eigenvalue weighted by atomic mass is 10.1. The van der Waals surface area contributed by atoms with Crippen LogP contribution in [0.2, 0.25) is 0 Å². The number of rotatable bonds is 44. The van der Waals surface area contributed by atoms with Gasteiger partial charge in [0, 0.05) is 19.3 Å². The number of carbonyl (C=O) groups excluding carboxylic acids is 3. The first-order valence-corrected chi connectivity index (χ1v) is 25.1. The number of unbranched alkanes of at least 4 members (excludes halogenated alkanes) is 19. The smallest absolute Gasteiger partial charge is 0.306 e. The van der Waals surface area contributed by atoms with Crippen molar-refractivity contribution in [2.45, 2.75) is 232 Å². The maximum atomic E-state index is 12.7. The molecule has 348 valence electrons. The van der Waals surface area contributed by atoms with Crippen molar-refractivity contribution >= 4 is 17.9 Å². The Morgan fingerprint density at radius 3 is 1.02 bits per heavy atom. The van der Waals surface area contributed by atoms with Crippen molar-refractivity contribution in [1.82, 2.24) is 0 Å². The number of ether oxygens (including phenoxy) is 3. The van der Waals surface area contributed by atoms with Gasteiger partial charge in [-0.1, -0.05) is 196 Å². The van der Waals surface area contributed by atoms with Gasteiger partial charge in [-0.05, 0) is 96.3 Å². The molecule has 0 rings (SSSR count). The average Bonchev–Trinajstić information content (AvgIpc) is 3.26. The number of carbonyl (C=O) groups is 3. The van der Waals surface area contributed by atoms with Crippen LogP contribution in [0.3, 0.4) is 0 Å². The van der Waals surface area contributed by atoms with E-state index in [4.69, 9.17) is 14.2 Å². The molecule has 0 aromatic rings. The summed E-state index contributed by atoms with van der Waals surface area (Å²) in [6.07, 6.45) is 63.1. The SMILES string of the molecule is CC/C=C\C/C=C\C/C=C\C/C=C\C/C=C\C/C=C\CCCCCCC(=O)OCC(COC(=O)CCCCCCC)OC(=O)CCCCCCC/C=C\CCCCCCCC. The zero-order valence-electron chi connectivity index (χ0n) is 39.7. The Labute approximate surface area is 375 Å². The van der Waals surface area contributed by atoms with E-state index in [2.05, 4.69) is 106 Å². The second kappa shape index (κ2) is 49.2. The Morgan fingerprint density at radius 1 is 0.344 bits per heavy atom. The van der Waals surface area contributed by atoms with Gasteiger partial charge in [-0.3, -0.25) is 14.4 Å². The first kappa shape index (κ1) is 57.6. The number of hydrogen-bond donors (Lipinski definition) is 0. The van der Waals surface area contributed by atoms with Crippen molar-refractivity contribution in [2.75, 3.05) is 13.2 Å². The van der Waals surface area contributed by atoms with Crippen molar-refractivity contribution in [2.24, 2.45) is 0 Å². The first-order valence-electron chi connectivity index (χ1n) is 25.1. The molecule has 0 bridgehead atoms. The Hall–Kier alpha value is -3.41. The molecular weight excluding hydrogens is 757 g/mol. The number of allylic oxidation sites excluding steroid dienone is 14. The first-order chi connectivity index (χ1) is 30.0. The molecule has 0 aromatic carbocycles. The van der Waals surface area contributed by atoms with Crippen LogP contribution in [0.5, 0.6) is 0 Å². The molecule has 0 aliphatic rings. The van der Waals surface area contributed by atoms with Gasteiger partial charge in [-0.25, -0.2) is 0 Å². The van der Waals surface area contributed by atoms with E-state index >= 15 is 0 Å². The third kappa shape index (κ3) is 47.5. The van der Waals surface area contributed by atoms with E-state index in [0.717, 1.165) is 128 Å². The van der Waals surface area contributed by atoms with Crippen molar-refractivity contribution < 1.29 is 28.6 Å². The van der Waals surface area contributed by atoms with Crippen LogP contribution in [0.1, 0.15) is 226 Å². The minimum atomic E-state index is -0.787. The summed E-state index contributed by atoms with van der Waals surface area (Å²) in [6.45, 7) is 6.39. The fourth-order valence-electron chi connectivity index (χ4n) is 6.61. The highest BCUT2D eigenvalue weighted by molar-refractivity contribution is 5.71. The number of hydrogen-bond acceptors (Lipinski definition) is 6. The molecule has 6 nitrogen and oxygen atoms in total. The lowest BCUT2D eigenvalue weighted by Crippen LogP contribution is -2.30. The van der Waals surface area contributed by atoms with Gasteiger partial charge in [0.2, 0.25) is 0 Å². The molecule has 0 heterocycles. The minimum absolute atomic E-state index is 0.0895. The van der Waals surface area contributed by atoms with Gasteiger partial charge in [0.1, 0.15) is 13.2 Å². The van der Waals surface area contributed by atoms with Gasteiger partial charge in [-0.15, -0.1) is 0 Å². The molecule has 0 spiro atoms. The molecule has 61 heavy (non-hydrogen) atoms. The Kier molecular flexibility index (Phi) is 46.5. The van der Waals surface area contributed by atoms with E-state index in [1.165, 1.54) is 57.8 Å². The molecule has 0 amide bonds. The van der Waals surface area contributed by atoms with E-state index in [1.807, 2.05) is 0 Å². The topological polar surface area (TPSA) is 78.9 Å². The van der Waals surface area contributed by atoms with Crippen molar-refractivity contribution in [3.63, 3.8) is 0 Å². The van der Waals surface area contributed by atoms with Crippen LogP contribution >= 0.6 is 0 Å². The lowest BCUT2D eigenvalue weighted by Gasteiger charge is -2.18. The second-order valence-electron chi connectivity index (χ2n) is 16.3. The summed E-state index contributed by atoms with van der Waals surface area (Å²) < 4.78 is 16.6. The normalized spacial score (nSPS) is 12.8. The quantitative estimate of drug-likeness (QED) is 0.0263. The van der Waals surface area contributed by atoms with E-state index in [0.29, 0.717) is 19.3 Å². The van der Waals surface area contributed by atoms with E-state index in [1.54, 1.807) is 0 Å². The van der Waals surface area contributed by atoms with Gasteiger partial charge < -0.3 is 14.2 Å². The summed E-state index contributed by atoms with van der Waals surface area (Å²) in [6, 6.07) is 0. The molecule has 0 aliphatic heterocycles. The molecule has 0 fully saturated rings. The van der Waals surface area contributed by atoms with Crippen LogP contribution in [-0.4, -0.2) is 37.2 Å². The molecule has 0 saturated carbocycles. The van der Waals surface area contributed by atoms with Gasteiger partial charge in [-0.2, -0.15) is 0 Å². The summed E-state index contributed by atoms with van der Waals surface area (Å²) in [4.78, 5) is 37.6. The summed E-state index contributed by atoms with van der Waals surface area (Å²) in [5.41, 5.74) is 0. The Morgan fingerprint density at radius 2 is 0.639 bits per heavy atom. The van der Waals surface area contributed by atoms with Crippen LogP contribution in [0.15, 0.2) is 85.1 Å². The predicted molar refractivity (Wildman–Crippen MR) is 261 cm³/mol. The fourth-order valence-corrected chi connectivity index (χ4v) is 6.61. The van der Waals surface area contributed by atoms with Crippen LogP contribution in [0.4, 0.5) is 0 Å². The van der Waals surface area contributed by atoms with Gasteiger partial charge in [0.25, 0.3) is 0 Å². The highest BCUT2D eigenvalue weighted by Crippen LogP contribution is 2.13. The highest BCUT2D eigenvalue weighted by atomic mass is 16.6. The molecule has 0 saturated heterocycles. The van der Waals surface area contributed by atoms with Crippen LogP contribution in [0, 0.1) is 0 Å². The minimum Gasteiger partial charge on any atom is -0.462 e. The van der Waals surface area contributed by atoms with Crippen LogP contribution in [0.25, 0.3) is 0 Å². The molecule has 0 N–H and O–H groups in total. The fraction of sp³-hybridized carbons (Fsp3) is 0.691. The standard InChI is InChI=1S/C55H92O6/c1-4-7-10-13-15-17-19-21-23-24-25-26-27-28-29-30-32-33-35-37-39-42-45-48-54(57)60-51-52(50-59-53(56)47-44-41-12-9-6-3)61-55(58)49-46-43-40-38-36-34-31-22-20-18-16-14-11-8-5-2/h7,10,15,17,21-23,25-26,28-29,31-33,52H,4-6,8-9,11-14,16,18-20,24,27,30,34-51H2,1-3H3/b10-7-,17-15-,23-21-,26-25-,29-28-,31-22-,33-32-. The lowest BCUT2D eigenvalue weighted by molar-refractivity contribution is -0.167. The third-order valence-corrected chi connectivity index (χ3v) is 10.4. The number of esters is 3. The summed E-state index contributed by atoms with van der Waals surface area (Å²) in [7, 11) is 0. The van der Waals surface area contributed by atoms with Crippen molar-refractivity contribution in [3.05, 3.63) is 85.1 Å². The van der Waals surface area contributed by atoms with Crippen LogP contribution < -0.4 is 0 Å². The molecule has 0 radical (unpaired) electrons. The summed E-state index contributed by atoms with van der Waals surface area (Å²) >= 11 is 0. The van der Waals surface area contributed by atoms with Gasteiger partial charge in [0.15, 0.2) is 6.10 Å². The predicted octanol–water partition coefficient (Wildman–Crippen LogP) is 16.4. The molecule has 0 aliphatic carbocycles. The van der Waals surface area contributed by atoms with Gasteiger partial charge >= 0.3 is 17.9 Å². The molecular formula is C55H92O6. The zero-order valence-corrected chi connectivity index (χ0v) is 39.7. The summed E-state index contributed by atoms with van der Waals surface area (Å²) in [5, 5.41) is 0. The second-order valence-corrected chi connectivity index (χ2v) is 16.3. The largest absolute Gasteiger partial charge is 0.462 e. The monoisotopic (exact) mass is 849 g/mol. The Bertz CT molecular complexity index is 1200. The van der Waals surface area contributed by atoms with E-state index in [9.17, 15) is 14.4 Å². The van der Waals surface area contributed by atoms with Crippen molar-refractivity contribution in [3.8, 4) is 0 Å². The third-order valence-electron chi connectivity index (χ3n) is 10.4. The molecule has 0 aromatic heterocycles. The zero-order chi connectivity index (χ0) is 44.4. The van der Waals surface area contributed by atoms with Crippen LogP contribution in [-0.2, 0) is 28.6 Å². The molecule has 6 heteroatoms. The Balaban J connectivity index is 4.24. The maximum absolute atomic E-state index is 12.7. The maximum Gasteiger partial charge on any atom is 0.306 e. The van der Waals surface area contributed by atoms with Crippen molar-refractivity contribution in [1.29, 1.82) is 0 Å². The highest BCUT2D eigenvalue weighted by Gasteiger charge is 2.19. The van der Waals surface area contributed by atoms with E-state index in [-0.39, 0.29) is 31.1 Å². The van der Waals surface area contributed by atoms with Gasteiger partial charge in [0.05, 0.1) is 0 Å². The average molecular weight is 849 g/mol. The molecule has 1 unspecified atom stereocenters. The summed E-state index contributed by atoms with van der Waals surface area (Å²) in [5.74, 6) is -0.941. The van der Waals surface area contributed by atoms with E-state index < -0.39 is 6.10 Å².